The van der Waals surface area contributed by atoms with Crippen LogP contribution in [-0.4, -0.2) is 29.5 Å². The maximum Gasteiger partial charge on any atom is 0.323 e. The van der Waals surface area contributed by atoms with Gasteiger partial charge < -0.3 is 21.3 Å². The quantitative estimate of drug-likeness (QED) is 0.337. The number of benzene rings is 2. The summed E-state index contributed by atoms with van der Waals surface area (Å²) < 4.78 is 0. The van der Waals surface area contributed by atoms with Gasteiger partial charge in [-0.2, -0.15) is 5.26 Å². The van der Waals surface area contributed by atoms with Crippen LogP contribution in [0.3, 0.4) is 0 Å². The number of thiazole rings is 1. The Hall–Kier alpha value is -3.90. The average Bonchev–Trinajstić information content (AvgIpc) is 3.26. The van der Waals surface area contributed by atoms with Crippen molar-refractivity contribution in [3.8, 4) is 16.5 Å². The zero-order valence-corrected chi connectivity index (χ0v) is 19.3. The maximum absolute atomic E-state index is 12.4. The summed E-state index contributed by atoms with van der Waals surface area (Å²) in [5.41, 5.74) is 2.33. The lowest BCUT2D eigenvalue weighted by Gasteiger charge is -2.18. The number of amides is 3. The fraction of sp³-hybridized carbons (Fsp3) is 0.250. The number of para-hydroxylation sites is 1. The van der Waals surface area contributed by atoms with Crippen molar-refractivity contribution in [2.24, 2.45) is 5.92 Å². The number of hydrogen-bond acceptors (Lipinski definition) is 6. The molecule has 1 atom stereocenters. The third-order valence-corrected chi connectivity index (χ3v) is 5.61. The van der Waals surface area contributed by atoms with E-state index in [4.69, 9.17) is 5.26 Å². The summed E-state index contributed by atoms with van der Waals surface area (Å²) in [5, 5.41) is 20.7. The smallest absolute Gasteiger partial charge is 0.323 e. The Morgan fingerprint density at radius 2 is 1.70 bits per heavy atom. The predicted molar refractivity (Wildman–Crippen MR) is 132 cm³/mol. The largest absolute Gasteiger partial charge is 0.350 e. The van der Waals surface area contributed by atoms with Crippen LogP contribution in [-0.2, 0) is 4.79 Å². The Morgan fingerprint density at radius 3 is 2.33 bits per heavy atom. The van der Waals surface area contributed by atoms with Crippen molar-refractivity contribution >= 4 is 39.8 Å². The van der Waals surface area contributed by atoms with Gasteiger partial charge in [0.1, 0.15) is 12.6 Å². The zero-order chi connectivity index (χ0) is 23.6. The first-order valence-corrected chi connectivity index (χ1v) is 11.4. The first-order chi connectivity index (χ1) is 15.9. The third-order valence-electron chi connectivity index (χ3n) is 4.63. The molecule has 2 aromatic carbocycles. The van der Waals surface area contributed by atoms with Crippen molar-refractivity contribution in [2.75, 3.05) is 22.5 Å². The van der Waals surface area contributed by atoms with E-state index in [0.29, 0.717) is 28.8 Å². The van der Waals surface area contributed by atoms with Gasteiger partial charge in [0.05, 0.1) is 10.9 Å². The fourth-order valence-electron chi connectivity index (χ4n) is 3.11. The molecule has 1 heterocycles. The van der Waals surface area contributed by atoms with Crippen LogP contribution in [0, 0.1) is 17.2 Å². The Balaban J connectivity index is 1.61. The van der Waals surface area contributed by atoms with Crippen LogP contribution in [0.5, 0.6) is 0 Å². The second-order valence-corrected chi connectivity index (χ2v) is 8.79. The lowest BCUT2D eigenvalue weighted by atomic mass is 10.0. The van der Waals surface area contributed by atoms with E-state index in [2.05, 4.69) is 26.3 Å². The molecule has 9 heteroatoms. The molecule has 170 valence electrons. The van der Waals surface area contributed by atoms with E-state index in [1.165, 1.54) is 11.3 Å². The third kappa shape index (κ3) is 7.33. The van der Waals surface area contributed by atoms with Gasteiger partial charge in [0.2, 0.25) is 5.91 Å². The Bertz CT molecular complexity index is 1110. The summed E-state index contributed by atoms with van der Waals surface area (Å²) in [6.45, 7) is 4.05. The van der Waals surface area contributed by atoms with E-state index in [1.807, 2.05) is 74.5 Å². The molecule has 33 heavy (non-hydrogen) atoms. The van der Waals surface area contributed by atoms with Gasteiger partial charge in [0, 0.05) is 17.6 Å². The average molecular weight is 463 g/mol. The van der Waals surface area contributed by atoms with Gasteiger partial charge in [-0.05, 0) is 42.2 Å². The van der Waals surface area contributed by atoms with E-state index in [0.717, 1.165) is 10.4 Å². The number of aromatic nitrogens is 1. The number of urea groups is 1. The van der Waals surface area contributed by atoms with Gasteiger partial charge in [-0.1, -0.05) is 55.5 Å². The highest BCUT2D eigenvalue weighted by atomic mass is 32.1. The summed E-state index contributed by atoms with van der Waals surface area (Å²) in [5.74, 6) is 0.0834. The Kier molecular flexibility index (Phi) is 8.38. The molecule has 0 unspecified atom stereocenters. The number of rotatable bonds is 9. The highest BCUT2D eigenvalue weighted by Gasteiger charge is 2.20. The number of carbonyl (C=O) groups excluding carboxylic acids is 2. The maximum atomic E-state index is 12.4. The van der Waals surface area contributed by atoms with Crippen LogP contribution in [0.15, 0.2) is 60.8 Å². The van der Waals surface area contributed by atoms with Gasteiger partial charge in [0.25, 0.3) is 0 Å². The minimum absolute atomic E-state index is 0.0258. The van der Waals surface area contributed by atoms with E-state index < -0.39 is 6.04 Å². The molecule has 1 aromatic heterocycles. The zero-order valence-electron chi connectivity index (χ0n) is 18.5. The van der Waals surface area contributed by atoms with E-state index in [-0.39, 0.29) is 18.5 Å². The fourth-order valence-corrected chi connectivity index (χ4v) is 3.98. The molecule has 3 aromatic rings. The molecule has 0 saturated carbocycles. The van der Waals surface area contributed by atoms with Crippen LogP contribution in [0.25, 0.3) is 10.4 Å². The number of nitrogens with one attached hydrogen (secondary N) is 4. The number of anilines is 3. The van der Waals surface area contributed by atoms with Crippen molar-refractivity contribution < 1.29 is 9.59 Å². The van der Waals surface area contributed by atoms with Crippen molar-refractivity contribution in [3.63, 3.8) is 0 Å². The summed E-state index contributed by atoms with van der Waals surface area (Å²) in [6.07, 6.45) is 2.37. The van der Waals surface area contributed by atoms with Crippen LogP contribution in [0.4, 0.5) is 21.3 Å². The van der Waals surface area contributed by atoms with E-state index in [9.17, 15) is 9.59 Å². The molecular formula is C24H26N6O2S. The standard InChI is InChI=1S/C24H26N6O2S/c1-16(2)14-20(22(31)26-13-12-25)30-24-27-15-21(33-24)17-8-10-19(11-9-17)29-23(32)28-18-6-4-3-5-7-18/h3-11,15-16,20H,13-14H2,1-2H3,(H,26,31)(H,27,30)(H2,28,29,32)/t20-/m0/s1. The lowest BCUT2D eigenvalue weighted by Crippen LogP contribution is -2.40. The van der Waals surface area contributed by atoms with Crippen molar-refractivity contribution in [1.82, 2.24) is 10.3 Å². The lowest BCUT2D eigenvalue weighted by molar-refractivity contribution is -0.121. The summed E-state index contributed by atoms with van der Waals surface area (Å²) >= 11 is 1.44. The van der Waals surface area contributed by atoms with Gasteiger partial charge in [-0.25, -0.2) is 9.78 Å². The monoisotopic (exact) mass is 462 g/mol. The van der Waals surface area contributed by atoms with Gasteiger partial charge in [-0.15, -0.1) is 0 Å². The summed E-state index contributed by atoms with van der Waals surface area (Å²) in [6, 6.07) is 17.8. The number of hydrogen-bond donors (Lipinski definition) is 4. The van der Waals surface area contributed by atoms with Crippen molar-refractivity contribution in [2.45, 2.75) is 26.3 Å². The normalized spacial score (nSPS) is 11.3. The number of carbonyl (C=O) groups is 2. The van der Waals surface area contributed by atoms with Crippen molar-refractivity contribution in [1.29, 1.82) is 5.26 Å². The second kappa shape index (κ2) is 11.6. The molecule has 0 aliphatic rings. The number of nitrogens with zero attached hydrogens (tertiary/aromatic N) is 2. The van der Waals surface area contributed by atoms with Gasteiger partial charge in [0.15, 0.2) is 5.13 Å². The van der Waals surface area contributed by atoms with E-state index >= 15 is 0 Å². The van der Waals surface area contributed by atoms with Gasteiger partial charge >= 0.3 is 6.03 Å². The van der Waals surface area contributed by atoms with Crippen LogP contribution >= 0.6 is 11.3 Å². The molecule has 0 radical (unpaired) electrons. The first-order valence-electron chi connectivity index (χ1n) is 10.5. The SMILES string of the molecule is CC(C)C[C@H](Nc1ncc(-c2ccc(NC(=O)Nc3ccccc3)cc2)s1)C(=O)NCC#N. The minimum atomic E-state index is -0.466. The van der Waals surface area contributed by atoms with Crippen LogP contribution in [0.1, 0.15) is 20.3 Å². The Morgan fingerprint density at radius 1 is 1.03 bits per heavy atom. The summed E-state index contributed by atoms with van der Waals surface area (Å²) in [4.78, 5) is 29.9. The van der Waals surface area contributed by atoms with Crippen LogP contribution < -0.4 is 21.3 Å². The molecule has 0 aliphatic carbocycles. The minimum Gasteiger partial charge on any atom is -0.350 e. The summed E-state index contributed by atoms with van der Waals surface area (Å²) in [7, 11) is 0. The van der Waals surface area contributed by atoms with Crippen LogP contribution in [0.2, 0.25) is 0 Å². The highest BCUT2D eigenvalue weighted by Crippen LogP contribution is 2.30. The molecule has 0 aliphatic heterocycles. The first kappa shape index (κ1) is 23.8. The van der Waals surface area contributed by atoms with E-state index in [1.54, 1.807) is 6.20 Å². The molecular weight excluding hydrogens is 436 g/mol. The molecule has 8 nitrogen and oxygen atoms in total. The molecule has 3 amide bonds. The molecule has 3 rings (SSSR count). The van der Waals surface area contributed by atoms with Gasteiger partial charge in [-0.3, -0.25) is 4.79 Å². The highest BCUT2D eigenvalue weighted by molar-refractivity contribution is 7.18. The molecule has 4 N–H and O–H groups in total. The molecule has 0 bridgehead atoms. The molecule has 0 saturated heterocycles. The number of nitriles is 1. The van der Waals surface area contributed by atoms with Crippen molar-refractivity contribution in [3.05, 3.63) is 60.8 Å². The topological polar surface area (TPSA) is 119 Å². The predicted octanol–water partition coefficient (Wildman–Crippen LogP) is 4.92. The molecule has 0 fully saturated rings. The Labute approximate surface area is 197 Å². The second-order valence-electron chi connectivity index (χ2n) is 7.75. The molecule has 0 spiro atoms.